The van der Waals surface area contributed by atoms with E-state index < -0.39 is 5.91 Å². The number of rotatable bonds is 7. The number of ether oxygens (including phenoxy) is 2. The molecule has 8 heteroatoms. The first-order valence-corrected chi connectivity index (χ1v) is 10.1. The molecule has 4 rings (SSSR count). The molecule has 0 radical (unpaired) electrons. The number of amides is 1. The van der Waals surface area contributed by atoms with Crippen LogP contribution in [0, 0.1) is 5.41 Å². The summed E-state index contributed by atoms with van der Waals surface area (Å²) in [5.74, 6) is 1.88. The summed E-state index contributed by atoms with van der Waals surface area (Å²) in [5.41, 5.74) is 0.925. The molecule has 2 aliphatic heterocycles. The van der Waals surface area contributed by atoms with Gasteiger partial charge in [0.25, 0.3) is 5.91 Å². The Bertz CT molecular complexity index is 1090. The molecule has 0 saturated carbocycles. The molecule has 0 atom stereocenters. The first-order chi connectivity index (χ1) is 15.0. The summed E-state index contributed by atoms with van der Waals surface area (Å²) >= 11 is 5.85. The van der Waals surface area contributed by atoms with Gasteiger partial charge >= 0.3 is 0 Å². The number of amidine groups is 2. The van der Waals surface area contributed by atoms with Crippen molar-refractivity contribution < 1.29 is 19.1 Å². The van der Waals surface area contributed by atoms with Crippen LogP contribution in [0.2, 0.25) is 5.02 Å². The molecular weight excluding hydrogens is 418 g/mol. The van der Waals surface area contributed by atoms with Gasteiger partial charge in [-0.05, 0) is 55.0 Å². The molecule has 0 saturated heterocycles. The molecule has 31 heavy (non-hydrogen) atoms. The first-order valence-electron chi connectivity index (χ1n) is 9.71. The molecule has 0 unspecified atom stereocenters. The highest BCUT2D eigenvalue weighted by Gasteiger charge is 2.34. The van der Waals surface area contributed by atoms with Crippen LogP contribution in [-0.2, 0) is 9.63 Å². The van der Waals surface area contributed by atoms with Gasteiger partial charge < -0.3 is 14.3 Å². The largest absolute Gasteiger partial charge is 0.493 e. The number of hydroxylamine groups is 2. The number of nitrogens with zero attached hydrogens (tertiary/aromatic N) is 2. The minimum absolute atomic E-state index is 0.0379. The average Bonchev–Trinajstić information content (AvgIpc) is 3.13. The number of fused-ring (bicyclic) bond motifs is 1. The van der Waals surface area contributed by atoms with Crippen molar-refractivity contribution in [2.75, 3.05) is 13.2 Å². The maximum absolute atomic E-state index is 12.3. The lowest BCUT2D eigenvalue weighted by Gasteiger charge is -2.22. The predicted molar refractivity (Wildman–Crippen MR) is 118 cm³/mol. The van der Waals surface area contributed by atoms with Crippen molar-refractivity contribution in [2.24, 2.45) is 4.99 Å². The van der Waals surface area contributed by atoms with Crippen molar-refractivity contribution >= 4 is 35.3 Å². The van der Waals surface area contributed by atoms with Crippen LogP contribution in [0.4, 0.5) is 0 Å². The number of carbonyl (C=O) groups excluding carboxylic acids is 1. The maximum atomic E-state index is 12.3. The van der Waals surface area contributed by atoms with Gasteiger partial charge in [-0.15, -0.1) is 5.06 Å². The second kappa shape index (κ2) is 9.06. The van der Waals surface area contributed by atoms with Crippen molar-refractivity contribution in [2.45, 2.75) is 13.3 Å². The molecule has 1 N–H and O–H groups in total. The van der Waals surface area contributed by atoms with E-state index in [9.17, 15) is 4.79 Å². The molecule has 2 aromatic carbocycles. The quantitative estimate of drug-likeness (QED) is 0.504. The molecule has 2 heterocycles. The van der Waals surface area contributed by atoms with E-state index in [4.69, 9.17) is 31.3 Å². The Morgan fingerprint density at radius 2 is 1.68 bits per heavy atom. The predicted octanol–water partition coefficient (Wildman–Crippen LogP) is 4.64. The molecule has 0 aliphatic carbocycles. The minimum Gasteiger partial charge on any atom is -0.493 e. The van der Waals surface area contributed by atoms with Crippen LogP contribution < -0.4 is 9.47 Å². The molecule has 0 bridgehead atoms. The Kier molecular flexibility index (Phi) is 6.04. The van der Waals surface area contributed by atoms with Crippen LogP contribution >= 0.6 is 11.6 Å². The Balaban J connectivity index is 1.29. The molecule has 1 amide bonds. The second-order valence-corrected chi connectivity index (χ2v) is 7.33. The standard InChI is InChI=1S/C23H20ClN3O4/c1-15-13-21-26-23(28)20(22(25)27(21)31-15)14-16-3-7-18(8-4-16)29-11-2-12-30-19-9-5-17(24)6-10-19/h3-10,13-14,25H,2,11-12H2,1H3/b20-14+,25-22?. The van der Waals surface area contributed by atoms with E-state index in [1.165, 1.54) is 5.06 Å². The molecule has 0 fully saturated rings. The number of allylic oxidation sites excluding steroid dienone is 1. The monoisotopic (exact) mass is 437 g/mol. The summed E-state index contributed by atoms with van der Waals surface area (Å²) in [4.78, 5) is 21.7. The van der Waals surface area contributed by atoms with Gasteiger partial charge in [-0.2, -0.15) is 4.99 Å². The second-order valence-electron chi connectivity index (χ2n) is 6.90. The fourth-order valence-electron chi connectivity index (χ4n) is 3.00. The zero-order valence-corrected chi connectivity index (χ0v) is 17.6. The summed E-state index contributed by atoms with van der Waals surface area (Å²) in [7, 11) is 0. The summed E-state index contributed by atoms with van der Waals surface area (Å²) in [5, 5.41) is 10.2. The lowest BCUT2D eigenvalue weighted by molar-refractivity contribution is -0.114. The topological polar surface area (TPSA) is 84.2 Å². The third-order valence-corrected chi connectivity index (χ3v) is 4.76. The van der Waals surface area contributed by atoms with E-state index in [2.05, 4.69) is 4.99 Å². The summed E-state index contributed by atoms with van der Waals surface area (Å²) < 4.78 is 11.4. The molecule has 2 aliphatic rings. The first kappa shape index (κ1) is 20.7. The van der Waals surface area contributed by atoms with Gasteiger partial charge in [-0.25, -0.2) is 0 Å². The molecule has 2 aromatic rings. The van der Waals surface area contributed by atoms with Crippen molar-refractivity contribution in [3.63, 3.8) is 0 Å². The van der Waals surface area contributed by atoms with E-state index in [0.29, 0.717) is 35.6 Å². The van der Waals surface area contributed by atoms with Crippen molar-refractivity contribution in [1.82, 2.24) is 5.06 Å². The number of halogens is 1. The zero-order chi connectivity index (χ0) is 21.8. The van der Waals surface area contributed by atoms with Gasteiger partial charge in [0.2, 0.25) is 0 Å². The zero-order valence-electron chi connectivity index (χ0n) is 16.8. The van der Waals surface area contributed by atoms with Gasteiger partial charge in [0.15, 0.2) is 11.7 Å². The average molecular weight is 438 g/mol. The Hall–Kier alpha value is -3.58. The molecule has 158 valence electrons. The van der Waals surface area contributed by atoms with Crippen LogP contribution in [-0.4, -0.2) is 35.9 Å². The Morgan fingerprint density at radius 1 is 1.06 bits per heavy atom. The Labute approximate surface area is 184 Å². The third-order valence-electron chi connectivity index (χ3n) is 4.51. The van der Waals surface area contributed by atoms with Gasteiger partial charge in [-0.1, -0.05) is 23.7 Å². The highest BCUT2D eigenvalue weighted by atomic mass is 35.5. The smallest absolute Gasteiger partial charge is 0.282 e. The molecule has 0 aromatic heterocycles. The molecule has 7 nitrogen and oxygen atoms in total. The number of carbonyl (C=O) groups is 1. The van der Waals surface area contributed by atoms with Gasteiger partial charge in [-0.3, -0.25) is 10.2 Å². The van der Waals surface area contributed by atoms with E-state index in [-0.39, 0.29) is 11.4 Å². The minimum atomic E-state index is -0.466. The van der Waals surface area contributed by atoms with E-state index in [1.54, 1.807) is 31.2 Å². The van der Waals surface area contributed by atoms with Crippen LogP contribution in [0.3, 0.4) is 0 Å². The SMILES string of the molecule is CC1=CC2=NC(=O)/C(=C/c3ccc(OCCCOc4ccc(Cl)cc4)cc3)C(=N)N2O1. The number of aliphatic imine (C=N–C) groups is 1. The molecule has 0 spiro atoms. The van der Waals surface area contributed by atoms with Gasteiger partial charge in [0.1, 0.15) is 17.3 Å². The van der Waals surface area contributed by atoms with Gasteiger partial charge in [0.05, 0.1) is 18.8 Å². The van der Waals surface area contributed by atoms with Crippen molar-refractivity contribution in [1.29, 1.82) is 5.41 Å². The van der Waals surface area contributed by atoms with Crippen LogP contribution in [0.25, 0.3) is 6.08 Å². The van der Waals surface area contributed by atoms with E-state index in [0.717, 1.165) is 17.7 Å². The lowest BCUT2D eigenvalue weighted by Crippen LogP contribution is -2.38. The number of hydrogen-bond donors (Lipinski definition) is 1. The summed E-state index contributed by atoms with van der Waals surface area (Å²) in [6, 6.07) is 14.5. The normalized spacial score (nSPS) is 16.6. The summed E-state index contributed by atoms with van der Waals surface area (Å²) in [6.07, 6.45) is 3.96. The highest BCUT2D eigenvalue weighted by Crippen LogP contribution is 2.24. The third kappa shape index (κ3) is 4.95. The molecular formula is C23H20ClN3O4. The van der Waals surface area contributed by atoms with Crippen molar-refractivity contribution in [3.05, 3.63) is 76.5 Å². The fraction of sp³-hybridized carbons (Fsp3) is 0.174. The summed E-state index contributed by atoms with van der Waals surface area (Å²) in [6.45, 7) is 2.78. The van der Waals surface area contributed by atoms with Gasteiger partial charge in [0, 0.05) is 17.5 Å². The van der Waals surface area contributed by atoms with Crippen LogP contribution in [0.15, 0.2) is 70.9 Å². The van der Waals surface area contributed by atoms with E-state index in [1.807, 2.05) is 36.4 Å². The van der Waals surface area contributed by atoms with Crippen LogP contribution in [0.5, 0.6) is 11.5 Å². The van der Waals surface area contributed by atoms with E-state index >= 15 is 0 Å². The Morgan fingerprint density at radius 3 is 2.32 bits per heavy atom. The fourth-order valence-corrected chi connectivity index (χ4v) is 3.12. The van der Waals surface area contributed by atoms with Crippen molar-refractivity contribution in [3.8, 4) is 11.5 Å². The number of benzene rings is 2. The highest BCUT2D eigenvalue weighted by molar-refractivity contribution is 6.32. The maximum Gasteiger partial charge on any atom is 0.282 e. The number of nitrogens with one attached hydrogen (secondary N) is 1. The van der Waals surface area contributed by atoms with Crippen LogP contribution in [0.1, 0.15) is 18.9 Å². The lowest BCUT2D eigenvalue weighted by atomic mass is 10.1. The number of hydrogen-bond acceptors (Lipinski definition) is 5.